The van der Waals surface area contributed by atoms with E-state index in [1.165, 1.54) is 19.4 Å². The van der Waals surface area contributed by atoms with E-state index >= 15 is 0 Å². The lowest BCUT2D eigenvalue weighted by Gasteiger charge is -2.10. The van der Waals surface area contributed by atoms with E-state index in [4.69, 9.17) is 4.42 Å². The van der Waals surface area contributed by atoms with Crippen molar-refractivity contribution in [1.82, 2.24) is 14.5 Å². The van der Waals surface area contributed by atoms with Crippen molar-refractivity contribution in [2.24, 2.45) is 7.05 Å². The van der Waals surface area contributed by atoms with E-state index in [9.17, 15) is 36.3 Å². The van der Waals surface area contributed by atoms with Gasteiger partial charge in [0.2, 0.25) is 11.6 Å². The molecule has 0 radical (unpaired) electrons. The number of thiazole rings is 1. The average Bonchev–Trinajstić information content (AvgIpc) is 3.32. The van der Waals surface area contributed by atoms with E-state index in [0.717, 1.165) is 15.9 Å². The van der Waals surface area contributed by atoms with Crippen LogP contribution in [0.4, 0.5) is 27.1 Å². The molecule has 1 amide bonds. The third-order valence-corrected chi connectivity index (χ3v) is 5.62. The quantitative estimate of drug-likeness (QED) is 0.391. The predicted molar refractivity (Wildman–Crippen MR) is 113 cm³/mol. The van der Waals surface area contributed by atoms with Crippen LogP contribution in [0.3, 0.4) is 0 Å². The van der Waals surface area contributed by atoms with Crippen LogP contribution in [-0.4, -0.2) is 26.8 Å². The molecular formula is C20H13F5N4O5S. The van der Waals surface area contributed by atoms with Gasteiger partial charge in [-0.05, 0) is 13.0 Å². The van der Waals surface area contributed by atoms with E-state index in [2.05, 4.69) is 20.0 Å². The number of anilines is 1. The normalized spacial score (nSPS) is 11.7. The number of nitrogens with one attached hydrogen (secondary N) is 2. The second-order valence-electron chi connectivity index (χ2n) is 7.21. The second kappa shape index (κ2) is 8.65. The van der Waals surface area contributed by atoms with Crippen LogP contribution in [-0.2, 0) is 18.3 Å². The molecule has 3 aromatic heterocycles. The number of aromatic amines is 1. The van der Waals surface area contributed by atoms with Crippen LogP contribution in [0, 0.1) is 18.6 Å². The number of H-pyrrole nitrogens is 1. The molecule has 15 heteroatoms. The molecule has 3 heterocycles. The van der Waals surface area contributed by atoms with Gasteiger partial charge in [-0.2, -0.15) is 0 Å². The van der Waals surface area contributed by atoms with Gasteiger partial charge in [-0.3, -0.25) is 19.1 Å². The Morgan fingerprint density at radius 3 is 2.66 bits per heavy atom. The minimum absolute atomic E-state index is 0.0211. The summed E-state index contributed by atoms with van der Waals surface area (Å²) in [6.07, 6.45) is -5.54. The van der Waals surface area contributed by atoms with Crippen molar-refractivity contribution in [3.8, 4) is 17.0 Å². The lowest BCUT2D eigenvalue weighted by Crippen LogP contribution is -2.32. The Morgan fingerprint density at radius 2 is 1.97 bits per heavy atom. The largest absolute Gasteiger partial charge is 0.573 e. The van der Waals surface area contributed by atoms with Crippen LogP contribution >= 0.6 is 11.3 Å². The number of rotatable bonds is 5. The highest BCUT2D eigenvalue weighted by molar-refractivity contribution is 7.14. The maximum Gasteiger partial charge on any atom is 0.573 e. The Hall–Kier alpha value is -4.01. The highest BCUT2D eigenvalue weighted by atomic mass is 32.1. The number of alkyl halides is 3. The average molecular weight is 516 g/mol. The summed E-state index contributed by atoms with van der Waals surface area (Å²) in [5.74, 6) is -4.42. The fraction of sp³-hybridized carbons (Fsp3) is 0.200. The van der Waals surface area contributed by atoms with Gasteiger partial charge in [-0.25, -0.2) is 18.6 Å². The number of ether oxygens (including phenoxy) is 1. The fourth-order valence-electron chi connectivity index (χ4n) is 3.25. The molecule has 0 saturated heterocycles. The van der Waals surface area contributed by atoms with Crippen LogP contribution < -0.4 is 21.3 Å². The molecule has 0 aliphatic rings. The first-order chi connectivity index (χ1) is 16.3. The summed E-state index contributed by atoms with van der Waals surface area (Å²) < 4.78 is 74.8. The van der Waals surface area contributed by atoms with Gasteiger partial charge in [-0.15, -0.1) is 24.5 Å². The predicted octanol–water partition coefficient (Wildman–Crippen LogP) is 3.61. The number of carbonyl (C=O) groups is 1. The summed E-state index contributed by atoms with van der Waals surface area (Å²) >= 11 is 0.849. The molecule has 0 unspecified atom stereocenters. The summed E-state index contributed by atoms with van der Waals surface area (Å²) in [5.41, 5.74) is -1.78. The molecule has 4 rings (SSSR count). The van der Waals surface area contributed by atoms with Crippen molar-refractivity contribution >= 4 is 33.5 Å². The molecule has 184 valence electrons. The van der Waals surface area contributed by atoms with Crippen molar-refractivity contribution in [2.45, 2.75) is 19.7 Å². The molecule has 0 atom stereocenters. The third-order valence-electron chi connectivity index (χ3n) is 4.86. The molecule has 0 fully saturated rings. The molecule has 9 nitrogen and oxygen atoms in total. The molecule has 0 spiro atoms. The first-order valence-electron chi connectivity index (χ1n) is 9.56. The number of aromatic nitrogens is 3. The molecule has 4 aromatic rings. The second-order valence-corrected chi connectivity index (χ2v) is 8.07. The molecule has 1 aromatic carbocycles. The smallest absolute Gasteiger partial charge is 0.444 e. The van der Waals surface area contributed by atoms with Crippen molar-refractivity contribution in [3.63, 3.8) is 0 Å². The van der Waals surface area contributed by atoms with E-state index in [1.807, 2.05) is 0 Å². The number of furan rings is 1. The van der Waals surface area contributed by atoms with Gasteiger partial charge >= 0.3 is 12.1 Å². The molecule has 0 aliphatic heterocycles. The zero-order chi connectivity index (χ0) is 25.7. The van der Waals surface area contributed by atoms with Crippen molar-refractivity contribution in [2.75, 3.05) is 5.32 Å². The number of fused-ring (bicyclic) bond motifs is 1. The summed E-state index contributed by atoms with van der Waals surface area (Å²) in [5, 5.41) is 3.71. The van der Waals surface area contributed by atoms with Crippen molar-refractivity contribution in [3.05, 3.63) is 61.3 Å². The van der Waals surface area contributed by atoms with E-state index in [0.29, 0.717) is 6.07 Å². The summed E-state index contributed by atoms with van der Waals surface area (Å²) in [6, 6.07) is 0.738. The zero-order valence-electron chi connectivity index (χ0n) is 17.7. The molecule has 2 N–H and O–H groups in total. The van der Waals surface area contributed by atoms with E-state index < -0.39 is 46.5 Å². The highest BCUT2D eigenvalue weighted by Gasteiger charge is 2.33. The fourth-order valence-corrected chi connectivity index (χ4v) is 3.98. The minimum Gasteiger partial charge on any atom is -0.444 e. The van der Waals surface area contributed by atoms with Crippen LogP contribution in [0.1, 0.15) is 11.3 Å². The van der Waals surface area contributed by atoms with Crippen molar-refractivity contribution < 1.29 is 35.9 Å². The van der Waals surface area contributed by atoms with Crippen LogP contribution in [0.2, 0.25) is 0 Å². The topological polar surface area (TPSA) is 119 Å². The highest BCUT2D eigenvalue weighted by Crippen LogP contribution is 2.33. The van der Waals surface area contributed by atoms with Crippen LogP contribution in [0.15, 0.2) is 31.5 Å². The maximum absolute atomic E-state index is 14.3. The lowest BCUT2D eigenvalue weighted by molar-refractivity contribution is -0.275. The van der Waals surface area contributed by atoms with Gasteiger partial charge in [-0.1, -0.05) is 0 Å². The standard InChI is InChI=1S/C20H13F5N4O5S/c1-7-8(15-16(33-7)28-19(32)29(2)17(15)31)4-14(30)27-18-26-12(6-35-18)9-3-11(22)13(5-10(9)21)34-20(23,24)25/h3,5-6H,4H2,1-2H3,(H,28,32)(H,26,27,30). The van der Waals surface area contributed by atoms with Gasteiger partial charge < -0.3 is 14.5 Å². The van der Waals surface area contributed by atoms with Gasteiger partial charge in [0.1, 0.15) is 17.0 Å². The Bertz CT molecular complexity index is 1580. The Kier molecular flexibility index (Phi) is 5.96. The van der Waals surface area contributed by atoms with E-state index in [-0.39, 0.29) is 45.7 Å². The third kappa shape index (κ3) is 4.80. The summed E-state index contributed by atoms with van der Waals surface area (Å²) in [7, 11) is 1.26. The Balaban J connectivity index is 1.56. The number of hydrogen-bond donors (Lipinski definition) is 2. The number of halogens is 5. The van der Waals surface area contributed by atoms with Crippen molar-refractivity contribution in [1.29, 1.82) is 0 Å². The lowest BCUT2D eigenvalue weighted by atomic mass is 10.1. The zero-order valence-corrected chi connectivity index (χ0v) is 18.5. The van der Waals surface area contributed by atoms with Gasteiger partial charge in [0.05, 0.1) is 12.1 Å². The number of hydrogen-bond acceptors (Lipinski definition) is 7. The summed E-state index contributed by atoms with van der Waals surface area (Å²) in [6.45, 7) is 1.51. The first kappa shape index (κ1) is 24.1. The number of amides is 1. The molecule has 35 heavy (non-hydrogen) atoms. The van der Waals surface area contributed by atoms with Gasteiger partial charge in [0, 0.05) is 29.6 Å². The SMILES string of the molecule is Cc1oc2[nH]c(=O)n(C)c(=O)c2c1CC(=O)Nc1nc(-c2cc(F)c(OC(F)(F)F)cc2F)cs1. The Morgan fingerprint density at radius 1 is 1.26 bits per heavy atom. The molecule has 0 saturated carbocycles. The number of benzene rings is 1. The number of aryl methyl sites for hydroxylation is 1. The van der Waals surface area contributed by atoms with E-state index in [1.54, 1.807) is 0 Å². The van der Waals surface area contributed by atoms with Crippen LogP contribution in [0.25, 0.3) is 22.4 Å². The number of nitrogens with zero attached hydrogens (tertiary/aromatic N) is 2. The Labute approximate surface area is 194 Å². The minimum atomic E-state index is -5.20. The monoisotopic (exact) mass is 516 g/mol. The molecule has 0 bridgehead atoms. The maximum atomic E-state index is 14.3. The molecule has 0 aliphatic carbocycles. The van der Waals surface area contributed by atoms with Gasteiger partial charge in [0.15, 0.2) is 16.7 Å². The van der Waals surface area contributed by atoms with Gasteiger partial charge in [0.25, 0.3) is 5.56 Å². The first-order valence-corrected chi connectivity index (χ1v) is 10.4. The van der Waals surface area contributed by atoms with Crippen LogP contribution in [0.5, 0.6) is 5.75 Å². The summed E-state index contributed by atoms with van der Waals surface area (Å²) in [4.78, 5) is 43.1. The number of carbonyl (C=O) groups excluding carboxylic acids is 1. The molecular weight excluding hydrogens is 503 g/mol.